The number of hydrogen-bond acceptors (Lipinski definition) is 1. The van der Waals surface area contributed by atoms with E-state index >= 15 is 0 Å². The lowest BCUT2D eigenvalue weighted by Gasteiger charge is -2.02. The summed E-state index contributed by atoms with van der Waals surface area (Å²) in [7, 11) is 0. The van der Waals surface area contributed by atoms with Gasteiger partial charge >= 0.3 is 0 Å². The van der Waals surface area contributed by atoms with E-state index in [1.165, 1.54) is 11.1 Å². The van der Waals surface area contributed by atoms with Crippen molar-refractivity contribution in [3.8, 4) is 17.2 Å². The summed E-state index contributed by atoms with van der Waals surface area (Å²) in [5, 5.41) is 8.81. The monoisotopic (exact) mass is 281 g/mol. The van der Waals surface area contributed by atoms with Crippen molar-refractivity contribution in [1.82, 2.24) is 0 Å². The smallest absolute Gasteiger partial charge is 0.0991 e. The molecule has 0 heterocycles. The van der Waals surface area contributed by atoms with Crippen LogP contribution in [-0.4, -0.2) is 0 Å². The molecule has 3 aromatic carbocycles. The van der Waals surface area contributed by atoms with Gasteiger partial charge < -0.3 is 0 Å². The fourth-order valence-corrected chi connectivity index (χ4v) is 2.31. The van der Waals surface area contributed by atoms with Crippen LogP contribution in [0.25, 0.3) is 23.3 Å². The fourth-order valence-electron chi connectivity index (χ4n) is 2.31. The Hall–Kier alpha value is -3.11. The first kappa shape index (κ1) is 13.9. The molecule has 0 bridgehead atoms. The average molecular weight is 281 g/mol. The number of hydrogen-bond donors (Lipinski definition) is 0. The van der Waals surface area contributed by atoms with Crippen molar-refractivity contribution in [2.24, 2.45) is 0 Å². The predicted octanol–water partition coefficient (Wildman–Crippen LogP) is 5.40. The second-order valence-electron chi connectivity index (χ2n) is 5.06. The second kappa shape index (κ2) is 6.56. The zero-order valence-corrected chi connectivity index (χ0v) is 12.1. The second-order valence-corrected chi connectivity index (χ2v) is 5.06. The van der Waals surface area contributed by atoms with Gasteiger partial charge in [0.25, 0.3) is 0 Å². The van der Waals surface area contributed by atoms with Gasteiger partial charge in [-0.25, -0.2) is 0 Å². The van der Waals surface area contributed by atoms with Crippen LogP contribution in [0.2, 0.25) is 0 Å². The predicted molar refractivity (Wildman–Crippen MR) is 92.0 cm³/mol. The van der Waals surface area contributed by atoms with Gasteiger partial charge in [-0.15, -0.1) is 0 Å². The third-order valence-corrected chi connectivity index (χ3v) is 3.50. The maximum absolute atomic E-state index is 8.81. The first-order valence-electron chi connectivity index (χ1n) is 7.19. The SMILES string of the molecule is N#Cc1ccc(C=Cc2cccc(-c3ccccc3)c2)cc1. The first-order chi connectivity index (χ1) is 10.8. The Morgan fingerprint density at radius 1 is 0.636 bits per heavy atom. The lowest BCUT2D eigenvalue weighted by molar-refractivity contribution is 1.48. The van der Waals surface area contributed by atoms with Crippen molar-refractivity contribution in [3.05, 3.63) is 95.6 Å². The molecule has 0 spiro atoms. The van der Waals surface area contributed by atoms with Gasteiger partial charge in [0.1, 0.15) is 0 Å². The van der Waals surface area contributed by atoms with E-state index in [-0.39, 0.29) is 0 Å². The van der Waals surface area contributed by atoms with Gasteiger partial charge in [-0.1, -0.05) is 72.8 Å². The summed E-state index contributed by atoms with van der Waals surface area (Å²) in [6, 6.07) is 28.5. The van der Waals surface area contributed by atoms with E-state index in [0.717, 1.165) is 11.1 Å². The number of nitriles is 1. The number of benzene rings is 3. The van der Waals surface area contributed by atoms with E-state index in [1.54, 1.807) is 0 Å². The largest absolute Gasteiger partial charge is 0.192 e. The van der Waals surface area contributed by atoms with E-state index in [4.69, 9.17) is 5.26 Å². The highest BCUT2D eigenvalue weighted by Crippen LogP contribution is 2.21. The van der Waals surface area contributed by atoms with E-state index < -0.39 is 0 Å². The molecule has 0 unspecified atom stereocenters. The molecule has 3 aromatic rings. The van der Waals surface area contributed by atoms with Gasteiger partial charge in [-0.05, 0) is 40.5 Å². The van der Waals surface area contributed by atoms with Crippen molar-refractivity contribution in [2.45, 2.75) is 0 Å². The van der Waals surface area contributed by atoms with Crippen molar-refractivity contribution in [2.75, 3.05) is 0 Å². The molecule has 0 aliphatic heterocycles. The van der Waals surface area contributed by atoms with Gasteiger partial charge in [0, 0.05) is 0 Å². The van der Waals surface area contributed by atoms with Crippen LogP contribution in [0.1, 0.15) is 16.7 Å². The lowest BCUT2D eigenvalue weighted by Crippen LogP contribution is -1.79. The van der Waals surface area contributed by atoms with E-state index in [1.807, 2.05) is 30.3 Å². The molecule has 104 valence electrons. The minimum atomic E-state index is 0.684. The highest BCUT2D eigenvalue weighted by Gasteiger charge is 1.97. The number of nitrogens with zero attached hydrogens (tertiary/aromatic N) is 1. The summed E-state index contributed by atoms with van der Waals surface area (Å²) in [6.45, 7) is 0. The van der Waals surface area contributed by atoms with Gasteiger partial charge in [-0.3, -0.25) is 0 Å². The van der Waals surface area contributed by atoms with Gasteiger partial charge in [0.05, 0.1) is 11.6 Å². The molecule has 3 rings (SSSR count). The molecule has 0 aromatic heterocycles. The van der Waals surface area contributed by atoms with Crippen molar-refractivity contribution >= 4 is 12.2 Å². The Kier molecular flexibility index (Phi) is 4.13. The molecule has 22 heavy (non-hydrogen) atoms. The summed E-state index contributed by atoms with van der Waals surface area (Å²) in [5.41, 5.74) is 5.36. The Balaban J connectivity index is 1.83. The first-order valence-corrected chi connectivity index (χ1v) is 7.19. The Morgan fingerprint density at radius 3 is 2.05 bits per heavy atom. The van der Waals surface area contributed by atoms with E-state index in [0.29, 0.717) is 5.56 Å². The topological polar surface area (TPSA) is 23.8 Å². The van der Waals surface area contributed by atoms with Crippen LogP contribution in [-0.2, 0) is 0 Å². The molecule has 0 radical (unpaired) electrons. The molecule has 1 nitrogen and oxygen atoms in total. The highest BCUT2D eigenvalue weighted by molar-refractivity contribution is 5.73. The van der Waals surface area contributed by atoms with Crippen molar-refractivity contribution < 1.29 is 0 Å². The maximum Gasteiger partial charge on any atom is 0.0991 e. The fraction of sp³-hybridized carbons (Fsp3) is 0. The summed E-state index contributed by atoms with van der Waals surface area (Å²) < 4.78 is 0. The quantitative estimate of drug-likeness (QED) is 0.590. The molecule has 0 aliphatic carbocycles. The van der Waals surface area contributed by atoms with Crippen molar-refractivity contribution in [1.29, 1.82) is 5.26 Å². The molecule has 1 heteroatoms. The summed E-state index contributed by atoms with van der Waals surface area (Å²) >= 11 is 0. The lowest BCUT2D eigenvalue weighted by atomic mass is 10.0. The molecule has 0 saturated carbocycles. The molecule has 0 saturated heterocycles. The molecule has 0 N–H and O–H groups in total. The Labute approximate surface area is 130 Å². The molecule has 0 aliphatic rings. The molecule has 0 amide bonds. The molecule has 0 fully saturated rings. The zero-order chi connectivity index (χ0) is 15.2. The van der Waals surface area contributed by atoms with Gasteiger partial charge in [0.15, 0.2) is 0 Å². The van der Waals surface area contributed by atoms with Crippen molar-refractivity contribution in [3.63, 3.8) is 0 Å². The minimum Gasteiger partial charge on any atom is -0.192 e. The summed E-state index contributed by atoms with van der Waals surface area (Å²) in [5.74, 6) is 0. The Bertz CT molecular complexity index is 822. The van der Waals surface area contributed by atoms with Gasteiger partial charge in [-0.2, -0.15) is 5.26 Å². The number of rotatable bonds is 3. The molecular weight excluding hydrogens is 266 g/mol. The van der Waals surface area contributed by atoms with Crippen LogP contribution < -0.4 is 0 Å². The third kappa shape index (κ3) is 3.31. The minimum absolute atomic E-state index is 0.684. The summed E-state index contributed by atoms with van der Waals surface area (Å²) in [6.07, 6.45) is 4.15. The Morgan fingerprint density at radius 2 is 1.32 bits per heavy atom. The highest BCUT2D eigenvalue weighted by atomic mass is 14.2. The van der Waals surface area contributed by atoms with E-state index in [2.05, 4.69) is 66.8 Å². The van der Waals surface area contributed by atoms with Crippen LogP contribution in [0.5, 0.6) is 0 Å². The third-order valence-electron chi connectivity index (χ3n) is 3.50. The van der Waals surface area contributed by atoms with Crippen LogP contribution in [0.15, 0.2) is 78.9 Å². The van der Waals surface area contributed by atoms with E-state index in [9.17, 15) is 0 Å². The summed E-state index contributed by atoms with van der Waals surface area (Å²) in [4.78, 5) is 0. The van der Waals surface area contributed by atoms with Crippen LogP contribution in [0.4, 0.5) is 0 Å². The van der Waals surface area contributed by atoms with Gasteiger partial charge in [0.2, 0.25) is 0 Å². The molecule has 0 atom stereocenters. The van der Waals surface area contributed by atoms with Crippen LogP contribution in [0, 0.1) is 11.3 Å². The molecular formula is C21H15N. The standard InChI is InChI=1S/C21H15N/c22-16-19-13-10-17(11-14-19)9-12-18-5-4-8-21(15-18)20-6-2-1-3-7-20/h1-15H. The van der Waals surface area contributed by atoms with Crippen LogP contribution in [0.3, 0.4) is 0 Å². The normalized spacial score (nSPS) is 10.5. The average Bonchev–Trinajstić information content (AvgIpc) is 2.61. The zero-order valence-electron chi connectivity index (χ0n) is 12.1. The maximum atomic E-state index is 8.81. The van der Waals surface area contributed by atoms with Crippen LogP contribution >= 0.6 is 0 Å².